The molecular formula is C28H36F2N4O2. The van der Waals surface area contributed by atoms with Crippen LogP contribution in [-0.4, -0.2) is 41.3 Å². The molecule has 0 spiro atoms. The molecule has 2 N–H and O–H groups in total. The molecule has 1 aliphatic carbocycles. The van der Waals surface area contributed by atoms with Gasteiger partial charge in [0.2, 0.25) is 5.91 Å². The van der Waals surface area contributed by atoms with E-state index in [2.05, 4.69) is 36.4 Å². The molecule has 36 heavy (non-hydrogen) atoms. The molecule has 1 saturated carbocycles. The zero-order valence-electron chi connectivity index (χ0n) is 21.3. The molecule has 1 saturated heterocycles. The molecule has 1 aliphatic heterocycles. The van der Waals surface area contributed by atoms with Crippen molar-refractivity contribution in [2.24, 2.45) is 0 Å². The van der Waals surface area contributed by atoms with Gasteiger partial charge < -0.3 is 10.6 Å². The van der Waals surface area contributed by atoms with Gasteiger partial charge >= 0.3 is 0 Å². The lowest BCUT2D eigenvalue weighted by Gasteiger charge is -2.35. The number of pyridine rings is 1. The van der Waals surface area contributed by atoms with E-state index in [-0.39, 0.29) is 23.9 Å². The number of rotatable bonds is 6. The first-order valence-electron chi connectivity index (χ1n) is 12.8. The molecule has 194 valence electrons. The lowest BCUT2D eigenvalue weighted by molar-refractivity contribution is -0.132. The average molecular weight is 499 g/mol. The highest BCUT2D eigenvalue weighted by Gasteiger charge is 2.51. The minimum Gasteiger partial charge on any atom is -0.351 e. The molecule has 2 amide bonds. The topological polar surface area (TPSA) is 74.3 Å². The van der Waals surface area contributed by atoms with Crippen LogP contribution in [0.5, 0.6) is 0 Å². The molecule has 2 aromatic rings. The molecule has 1 aromatic carbocycles. The number of nitrogens with one attached hydrogen (secondary N) is 2. The first-order valence-corrected chi connectivity index (χ1v) is 12.8. The van der Waals surface area contributed by atoms with Crippen LogP contribution < -0.4 is 15.5 Å². The molecule has 0 radical (unpaired) electrons. The van der Waals surface area contributed by atoms with Gasteiger partial charge in [-0.25, -0.2) is 8.78 Å². The summed E-state index contributed by atoms with van der Waals surface area (Å²) in [6.07, 6.45) is 7.59. The molecule has 2 unspecified atom stereocenters. The van der Waals surface area contributed by atoms with Gasteiger partial charge in [0.1, 0.15) is 6.04 Å². The number of hydrogen-bond acceptors (Lipinski definition) is 4. The number of aromatic nitrogens is 1. The van der Waals surface area contributed by atoms with Crippen LogP contribution in [0, 0.1) is 0 Å². The summed E-state index contributed by atoms with van der Waals surface area (Å²) in [5, 5.41) is 5.77. The van der Waals surface area contributed by atoms with Gasteiger partial charge in [0.15, 0.2) is 6.04 Å². The van der Waals surface area contributed by atoms with Crippen molar-refractivity contribution in [3.05, 3.63) is 59.9 Å². The van der Waals surface area contributed by atoms with E-state index in [1.807, 2.05) is 12.1 Å². The number of anilines is 1. The fraction of sp³-hybridized carbons (Fsp3) is 0.536. The number of hydrogen-bond donors (Lipinski definition) is 2. The molecule has 2 heterocycles. The van der Waals surface area contributed by atoms with E-state index < -0.39 is 30.3 Å². The van der Waals surface area contributed by atoms with Crippen molar-refractivity contribution in [1.29, 1.82) is 0 Å². The zero-order chi connectivity index (χ0) is 25.9. The summed E-state index contributed by atoms with van der Waals surface area (Å²) in [5.41, 5.74) is 1.77. The fourth-order valence-electron chi connectivity index (χ4n) is 5.09. The van der Waals surface area contributed by atoms with Gasteiger partial charge in [-0.1, -0.05) is 58.2 Å². The summed E-state index contributed by atoms with van der Waals surface area (Å²) in [6.45, 7) is 6.25. The van der Waals surface area contributed by atoms with Gasteiger partial charge in [-0.15, -0.1) is 0 Å². The third kappa shape index (κ3) is 5.75. The highest BCUT2D eigenvalue weighted by Crippen LogP contribution is 2.35. The lowest BCUT2D eigenvalue weighted by Crippen LogP contribution is -2.55. The molecule has 2 aliphatic rings. The van der Waals surface area contributed by atoms with Crippen molar-refractivity contribution >= 4 is 17.5 Å². The predicted molar refractivity (Wildman–Crippen MR) is 136 cm³/mol. The Kier molecular flexibility index (Phi) is 7.73. The smallest absolute Gasteiger partial charge is 0.273 e. The van der Waals surface area contributed by atoms with E-state index in [1.54, 1.807) is 30.5 Å². The summed E-state index contributed by atoms with van der Waals surface area (Å²) >= 11 is 0. The number of carbonyl (C=O) groups excluding carboxylic acids is 2. The van der Waals surface area contributed by atoms with Crippen LogP contribution in [0.1, 0.15) is 76.5 Å². The van der Waals surface area contributed by atoms with Crippen molar-refractivity contribution in [3.8, 4) is 0 Å². The average Bonchev–Trinajstić information content (AvgIpc) is 3.21. The number of alkyl halides is 2. The van der Waals surface area contributed by atoms with Crippen LogP contribution in [0.4, 0.5) is 14.5 Å². The second-order valence-corrected chi connectivity index (χ2v) is 10.9. The molecule has 8 heteroatoms. The molecule has 2 atom stereocenters. The highest BCUT2D eigenvalue weighted by atomic mass is 19.3. The maximum absolute atomic E-state index is 14.8. The van der Waals surface area contributed by atoms with Crippen LogP contribution in [-0.2, 0) is 15.0 Å². The van der Waals surface area contributed by atoms with Gasteiger partial charge in [0.05, 0.1) is 0 Å². The highest BCUT2D eigenvalue weighted by molar-refractivity contribution is 6.04. The zero-order valence-corrected chi connectivity index (χ0v) is 21.3. The number of nitrogens with zero attached hydrogens (tertiary/aromatic N) is 2. The van der Waals surface area contributed by atoms with Crippen LogP contribution >= 0.6 is 0 Å². The third-order valence-electron chi connectivity index (χ3n) is 7.18. The van der Waals surface area contributed by atoms with Gasteiger partial charge in [-0.3, -0.25) is 19.5 Å². The SMILES string of the molecule is CC(C)(C)c1ccc(N(C(=O)C2NCCC2(F)F)C(C(=O)NC2CCCCC2)c2cccnc2)cc1. The Morgan fingerprint density at radius 1 is 1.11 bits per heavy atom. The quantitative estimate of drug-likeness (QED) is 0.594. The summed E-state index contributed by atoms with van der Waals surface area (Å²) in [4.78, 5) is 33.0. The molecule has 6 nitrogen and oxygen atoms in total. The van der Waals surface area contributed by atoms with Crippen molar-refractivity contribution in [1.82, 2.24) is 15.6 Å². The summed E-state index contributed by atoms with van der Waals surface area (Å²) in [5.74, 6) is -4.42. The van der Waals surface area contributed by atoms with Gasteiger partial charge in [-0.05, 0) is 42.0 Å². The number of halogens is 2. The normalized spacial score (nSPS) is 21.1. The standard InChI is InChI=1S/C28H36F2N4O2/c1-27(2,3)20-11-13-22(14-12-20)34(26(36)24-28(29,30)15-17-32-24)23(19-8-7-16-31-18-19)25(35)33-21-9-5-4-6-10-21/h7-8,11-14,16,18,21,23-24,32H,4-6,9-10,15,17H2,1-3H3,(H,33,35). The maximum Gasteiger partial charge on any atom is 0.273 e. The van der Waals surface area contributed by atoms with Crippen molar-refractivity contribution in [2.75, 3.05) is 11.4 Å². The van der Waals surface area contributed by atoms with Crippen LogP contribution in [0.15, 0.2) is 48.8 Å². The Labute approximate surface area is 211 Å². The van der Waals surface area contributed by atoms with Gasteiger partial charge in [0.25, 0.3) is 11.8 Å². The van der Waals surface area contributed by atoms with Crippen LogP contribution in [0.2, 0.25) is 0 Å². The van der Waals surface area contributed by atoms with E-state index in [4.69, 9.17) is 0 Å². The molecule has 2 fully saturated rings. The second kappa shape index (κ2) is 10.6. The first kappa shape index (κ1) is 26.2. The fourth-order valence-corrected chi connectivity index (χ4v) is 5.09. The van der Waals surface area contributed by atoms with Gasteiger partial charge in [-0.2, -0.15) is 0 Å². The predicted octanol–water partition coefficient (Wildman–Crippen LogP) is 4.90. The summed E-state index contributed by atoms with van der Waals surface area (Å²) in [7, 11) is 0. The monoisotopic (exact) mass is 498 g/mol. The number of amides is 2. The molecule has 1 aromatic heterocycles. The van der Waals surface area contributed by atoms with Crippen LogP contribution in [0.25, 0.3) is 0 Å². The number of carbonyl (C=O) groups is 2. The third-order valence-corrected chi connectivity index (χ3v) is 7.18. The minimum atomic E-state index is -3.21. The van der Waals surface area contributed by atoms with E-state index in [0.717, 1.165) is 37.7 Å². The molecule has 4 rings (SSSR count). The number of benzene rings is 1. The van der Waals surface area contributed by atoms with Crippen molar-refractivity contribution < 1.29 is 18.4 Å². The Bertz CT molecular complexity index is 1050. The van der Waals surface area contributed by atoms with E-state index >= 15 is 0 Å². The molecular weight excluding hydrogens is 462 g/mol. The Morgan fingerprint density at radius 2 is 1.81 bits per heavy atom. The van der Waals surface area contributed by atoms with E-state index in [1.165, 1.54) is 11.1 Å². The Morgan fingerprint density at radius 3 is 2.36 bits per heavy atom. The molecule has 0 bridgehead atoms. The second-order valence-electron chi connectivity index (χ2n) is 10.9. The Hall–Kier alpha value is -2.87. The van der Waals surface area contributed by atoms with Gasteiger partial charge in [0, 0.05) is 42.7 Å². The summed E-state index contributed by atoms with van der Waals surface area (Å²) in [6, 6.07) is 7.80. The lowest BCUT2D eigenvalue weighted by atomic mass is 9.87. The largest absolute Gasteiger partial charge is 0.351 e. The Balaban J connectivity index is 1.78. The van der Waals surface area contributed by atoms with Crippen LogP contribution in [0.3, 0.4) is 0 Å². The minimum absolute atomic E-state index is 0.00307. The maximum atomic E-state index is 14.8. The van der Waals surface area contributed by atoms with E-state index in [0.29, 0.717) is 11.3 Å². The van der Waals surface area contributed by atoms with E-state index in [9.17, 15) is 18.4 Å². The first-order chi connectivity index (χ1) is 17.1. The summed E-state index contributed by atoms with van der Waals surface area (Å²) < 4.78 is 29.5. The van der Waals surface area contributed by atoms with Crippen molar-refractivity contribution in [2.45, 2.75) is 88.8 Å². The van der Waals surface area contributed by atoms with Crippen molar-refractivity contribution in [3.63, 3.8) is 0 Å².